The van der Waals surface area contributed by atoms with Gasteiger partial charge in [-0.15, -0.1) is 11.3 Å². The van der Waals surface area contributed by atoms with Crippen LogP contribution < -0.4 is 15.8 Å². The quantitative estimate of drug-likeness (QED) is 0.635. The molecule has 0 bridgehead atoms. The Kier molecular flexibility index (Phi) is 5.24. The second kappa shape index (κ2) is 7.56. The molecule has 1 aliphatic heterocycles. The van der Waals surface area contributed by atoms with Crippen LogP contribution in [0.2, 0.25) is 0 Å². The van der Waals surface area contributed by atoms with E-state index in [0.29, 0.717) is 25.3 Å². The van der Waals surface area contributed by atoms with Crippen LogP contribution in [-0.2, 0) is 9.53 Å². The third-order valence-electron chi connectivity index (χ3n) is 3.88. The van der Waals surface area contributed by atoms with Crippen molar-refractivity contribution in [3.05, 3.63) is 23.2 Å². The predicted octanol–water partition coefficient (Wildman–Crippen LogP) is 1.10. The summed E-state index contributed by atoms with van der Waals surface area (Å²) in [5, 5.41) is 2.51. The average molecular weight is 336 g/mol. The molecular formula is C15H20N4O3S. The van der Waals surface area contributed by atoms with Crippen LogP contribution in [0.5, 0.6) is 0 Å². The van der Waals surface area contributed by atoms with Gasteiger partial charge in [0, 0.05) is 24.9 Å². The van der Waals surface area contributed by atoms with Gasteiger partial charge in [-0.25, -0.2) is 4.98 Å². The van der Waals surface area contributed by atoms with E-state index in [2.05, 4.69) is 32.9 Å². The highest BCUT2D eigenvalue weighted by atomic mass is 32.1. The van der Waals surface area contributed by atoms with Crippen molar-refractivity contribution < 1.29 is 14.3 Å². The number of rotatable bonds is 4. The number of nitrogens with zero attached hydrogens (tertiary/aromatic N) is 2. The number of thiazole rings is 1. The van der Waals surface area contributed by atoms with Crippen LogP contribution in [0, 0.1) is 5.92 Å². The highest BCUT2D eigenvalue weighted by Gasteiger charge is 2.18. The molecule has 7 nitrogen and oxygen atoms in total. The number of ether oxygens (including phenoxy) is 1. The zero-order valence-corrected chi connectivity index (χ0v) is 13.6. The summed E-state index contributed by atoms with van der Waals surface area (Å²) in [6.07, 6.45) is 6.55. The minimum absolute atomic E-state index is 0.182. The van der Waals surface area contributed by atoms with E-state index in [0.717, 1.165) is 31.1 Å². The third-order valence-corrected chi connectivity index (χ3v) is 4.78. The van der Waals surface area contributed by atoms with Gasteiger partial charge in [0.05, 0.1) is 13.2 Å². The SMILES string of the molecule is O=C(C[C@H]1C=CCC1)NNC(=O)c1csc(N2CCOCC2)n1. The minimum Gasteiger partial charge on any atom is -0.378 e. The highest BCUT2D eigenvalue weighted by Crippen LogP contribution is 2.21. The molecule has 124 valence electrons. The molecule has 1 aliphatic carbocycles. The molecule has 0 saturated carbocycles. The maximum atomic E-state index is 12.0. The molecule has 1 aromatic heterocycles. The van der Waals surface area contributed by atoms with Crippen LogP contribution in [0.4, 0.5) is 5.13 Å². The summed E-state index contributed by atoms with van der Waals surface area (Å²) < 4.78 is 5.30. The van der Waals surface area contributed by atoms with Crippen LogP contribution in [0.15, 0.2) is 17.5 Å². The molecule has 2 N–H and O–H groups in total. The monoisotopic (exact) mass is 336 g/mol. The number of nitrogens with one attached hydrogen (secondary N) is 2. The van der Waals surface area contributed by atoms with E-state index in [1.165, 1.54) is 11.3 Å². The first-order chi connectivity index (χ1) is 11.2. The lowest BCUT2D eigenvalue weighted by atomic mass is 10.1. The topological polar surface area (TPSA) is 83.6 Å². The Morgan fingerprint density at radius 2 is 2.17 bits per heavy atom. The fourth-order valence-corrected chi connectivity index (χ4v) is 3.47. The number of anilines is 1. The Balaban J connectivity index is 1.47. The summed E-state index contributed by atoms with van der Waals surface area (Å²) in [5.41, 5.74) is 5.20. The first kappa shape index (κ1) is 15.9. The Morgan fingerprint density at radius 1 is 1.35 bits per heavy atom. The van der Waals surface area contributed by atoms with Gasteiger partial charge < -0.3 is 9.64 Å². The average Bonchev–Trinajstić information content (AvgIpc) is 3.25. The molecule has 1 aromatic rings. The summed E-state index contributed by atoms with van der Waals surface area (Å²) in [7, 11) is 0. The van der Waals surface area contributed by atoms with E-state index >= 15 is 0 Å². The van der Waals surface area contributed by atoms with E-state index in [1.807, 2.05) is 0 Å². The molecular weight excluding hydrogens is 316 g/mol. The molecule has 2 heterocycles. The second-order valence-electron chi connectivity index (χ2n) is 5.59. The molecule has 0 radical (unpaired) electrons. The Morgan fingerprint density at radius 3 is 2.91 bits per heavy atom. The van der Waals surface area contributed by atoms with Gasteiger partial charge in [-0.05, 0) is 18.8 Å². The summed E-state index contributed by atoms with van der Waals surface area (Å²) in [4.78, 5) is 30.3. The van der Waals surface area contributed by atoms with Crippen molar-refractivity contribution in [3.63, 3.8) is 0 Å². The van der Waals surface area contributed by atoms with Crippen molar-refractivity contribution in [1.82, 2.24) is 15.8 Å². The normalized spacial score (nSPS) is 20.5. The van der Waals surface area contributed by atoms with Gasteiger partial charge in [0.2, 0.25) is 5.91 Å². The Labute approximate surface area is 138 Å². The highest BCUT2D eigenvalue weighted by molar-refractivity contribution is 7.13. The first-order valence-electron chi connectivity index (χ1n) is 7.76. The lowest BCUT2D eigenvalue weighted by Gasteiger charge is -2.25. The third kappa shape index (κ3) is 4.29. The van der Waals surface area contributed by atoms with E-state index in [9.17, 15) is 9.59 Å². The fraction of sp³-hybridized carbons (Fsp3) is 0.533. The molecule has 23 heavy (non-hydrogen) atoms. The summed E-state index contributed by atoms with van der Waals surface area (Å²) in [6.45, 7) is 2.90. The molecule has 1 saturated heterocycles. The number of hydrogen-bond acceptors (Lipinski definition) is 6. The van der Waals surface area contributed by atoms with Gasteiger partial charge in [0.1, 0.15) is 5.69 Å². The van der Waals surface area contributed by atoms with E-state index in [-0.39, 0.29) is 11.8 Å². The lowest BCUT2D eigenvalue weighted by Crippen LogP contribution is -2.42. The molecule has 3 rings (SSSR count). The van der Waals surface area contributed by atoms with Crippen LogP contribution in [-0.4, -0.2) is 43.1 Å². The summed E-state index contributed by atoms with van der Waals surface area (Å²) in [6, 6.07) is 0. The Bertz CT molecular complexity index is 595. The fourth-order valence-electron chi connectivity index (χ4n) is 2.61. The van der Waals surface area contributed by atoms with E-state index in [4.69, 9.17) is 4.74 Å². The van der Waals surface area contributed by atoms with Crippen molar-refractivity contribution in [1.29, 1.82) is 0 Å². The molecule has 0 unspecified atom stereocenters. The largest absolute Gasteiger partial charge is 0.378 e. The number of morpholine rings is 1. The van der Waals surface area contributed by atoms with Crippen LogP contribution >= 0.6 is 11.3 Å². The zero-order chi connectivity index (χ0) is 16.1. The smallest absolute Gasteiger partial charge is 0.289 e. The molecule has 1 fully saturated rings. The summed E-state index contributed by atoms with van der Waals surface area (Å²) >= 11 is 1.42. The number of carbonyl (C=O) groups is 2. The van der Waals surface area contributed by atoms with Gasteiger partial charge >= 0.3 is 0 Å². The lowest BCUT2D eigenvalue weighted by molar-refractivity contribution is -0.122. The predicted molar refractivity (Wildman–Crippen MR) is 87.2 cm³/mol. The number of hydrogen-bond donors (Lipinski definition) is 2. The minimum atomic E-state index is -0.393. The van der Waals surface area contributed by atoms with Crippen molar-refractivity contribution in [2.45, 2.75) is 19.3 Å². The van der Waals surface area contributed by atoms with Gasteiger partial charge in [-0.3, -0.25) is 20.4 Å². The molecule has 2 amide bonds. The molecule has 2 aliphatic rings. The summed E-state index contributed by atoms with van der Waals surface area (Å²) in [5.74, 6) is -0.297. The number of amides is 2. The van der Waals surface area contributed by atoms with Gasteiger partial charge in [-0.2, -0.15) is 0 Å². The molecule has 8 heteroatoms. The van der Waals surface area contributed by atoms with Crippen molar-refractivity contribution in [3.8, 4) is 0 Å². The van der Waals surface area contributed by atoms with Crippen molar-refractivity contribution in [2.75, 3.05) is 31.2 Å². The zero-order valence-electron chi connectivity index (χ0n) is 12.8. The van der Waals surface area contributed by atoms with Gasteiger partial charge in [0.25, 0.3) is 5.91 Å². The Hall–Kier alpha value is -1.93. The van der Waals surface area contributed by atoms with Crippen LogP contribution in [0.25, 0.3) is 0 Å². The molecule has 0 aromatic carbocycles. The second-order valence-corrected chi connectivity index (χ2v) is 6.42. The van der Waals surface area contributed by atoms with Crippen LogP contribution in [0.1, 0.15) is 29.8 Å². The molecule has 0 spiro atoms. The van der Waals surface area contributed by atoms with Crippen molar-refractivity contribution in [2.24, 2.45) is 5.92 Å². The van der Waals surface area contributed by atoms with E-state index in [1.54, 1.807) is 5.38 Å². The maximum Gasteiger partial charge on any atom is 0.289 e. The van der Waals surface area contributed by atoms with E-state index < -0.39 is 5.91 Å². The van der Waals surface area contributed by atoms with Crippen LogP contribution in [0.3, 0.4) is 0 Å². The number of carbonyl (C=O) groups excluding carboxylic acids is 2. The van der Waals surface area contributed by atoms with Gasteiger partial charge in [0.15, 0.2) is 5.13 Å². The first-order valence-corrected chi connectivity index (χ1v) is 8.64. The van der Waals surface area contributed by atoms with Gasteiger partial charge in [-0.1, -0.05) is 12.2 Å². The van der Waals surface area contributed by atoms with Crippen molar-refractivity contribution >= 4 is 28.3 Å². The molecule has 1 atom stereocenters. The number of hydrazine groups is 1. The standard InChI is InChI=1S/C15H20N4O3S/c20-13(9-11-3-1-2-4-11)17-18-14(21)12-10-23-15(16-12)19-5-7-22-8-6-19/h1,3,10-11H,2,4-9H2,(H,17,20)(H,18,21)/t11-/m0/s1. The number of allylic oxidation sites excluding steroid dienone is 2. The number of aromatic nitrogens is 1. The maximum absolute atomic E-state index is 12.0.